The number of benzene rings is 3. The molecule has 0 amide bonds. The molecule has 0 N–H and O–H groups in total. The molecule has 2 nitrogen and oxygen atoms in total. The van der Waals surface area contributed by atoms with E-state index in [0.29, 0.717) is 23.0 Å². The number of aryl methyl sites for hydroxylation is 1. The minimum atomic E-state index is -1.72. The fraction of sp³-hybridized carbons (Fsp3) is 0.0870. The molecule has 1 heterocycles. The summed E-state index contributed by atoms with van der Waals surface area (Å²) >= 11 is 0. The lowest BCUT2D eigenvalue weighted by Gasteiger charge is -2.21. The van der Waals surface area contributed by atoms with Crippen LogP contribution in [-0.4, -0.2) is 9.55 Å². The van der Waals surface area contributed by atoms with Gasteiger partial charge in [0.25, 0.3) is 0 Å². The molecule has 0 aliphatic heterocycles. The van der Waals surface area contributed by atoms with Gasteiger partial charge in [-0.1, -0.05) is 60.7 Å². The van der Waals surface area contributed by atoms with Gasteiger partial charge in [0.15, 0.2) is 23.3 Å². The average Bonchev–Trinajstić information content (AvgIpc) is 3.03. The van der Waals surface area contributed by atoms with E-state index in [-0.39, 0.29) is 0 Å². The van der Waals surface area contributed by atoms with Crippen molar-refractivity contribution < 1.29 is 17.6 Å². The molecule has 4 rings (SSSR count). The Balaban J connectivity index is 2.05. The Hall–Kier alpha value is -2.98. The molecular weight excluding hydrogens is 411 g/mol. The third-order valence-electron chi connectivity index (χ3n) is 4.87. The molecule has 7 heteroatoms. The van der Waals surface area contributed by atoms with Crippen molar-refractivity contribution >= 4 is 24.1 Å². The Labute approximate surface area is 172 Å². The second-order valence-corrected chi connectivity index (χ2v) is 8.84. The van der Waals surface area contributed by atoms with Crippen LogP contribution in [0.3, 0.4) is 0 Å². The molecule has 0 spiro atoms. The molecule has 0 aliphatic rings. The van der Waals surface area contributed by atoms with Gasteiger partial charge in [0.2, 0.25) is 0 Å². The van der Waals surface area contributed by atoms with Crippen LogP contribution in [0.4, 0.5) is 17.6 Å². The molecule has 0 saturated carbocycles. The Morgan fingerprint density at radius 2 is 1.27 bits per heavy atom. The Morgan fingerprint density at radius 3 is 1.80 bits per heavy atom. The second kappa shape index (κ2) is 8.04. The van der Waals surface area contributed by atoms with Crippen molar-refractivity contribution in [2.24, 2.45) is 0 Å². The van der Waals surface area contributed by atoms with Crippen molar-refractivity contribution in [2.75, 3.05) is 0 Å². The first-order valence-corrected chi connectivity index (χ1v) is 10.5. The third-order valence-corrected chi connectivity index (χ3v) is 7.20. The zero-order valence-corrected chi connectivity index (χ0v) is 17.1. The van der Waals surface area contributed by atoms with Crippen LogP contribution in [0.1, 0.15) is 11.4 Å². The summed E-state index contributed by atoms with van der Waals surface area (Å²) < 4.78 is 58.3. The molecule has 0 aliphatic carbocycles. The van der Waals surface area contributed by atoms with Gasteiger partial charge in [0.05, 0.1) is 5.69 Å². The van der Waals surface area contributed by atoms with Gasteiger partial charge < -0.3 is 0 Å². The summed E-state index contributed by atoms with van der Waals surface area (Å²) in [4.78, 5) is 4.62. The van der Waals surface area contributed by atoms with Gasteiger partial charge in [0, 0.05) is 19.7 Å². The van der Waals surface area contributed by atoms with E-state index >= 15 is 0 Å². The lowest BCUT2D eigenvalue weighted by molar-refractivity contribution is 0.430. The third kappa shape index (κ3) is 3.41. The molecule has 0 unspecified atom stereocenters. The van der Waals surface area contributed by atoms with Crippen LogP contribution in [0.15, 0.2) is 66.7 Å². The minimum absolute atomic E-state index is 0.361. The lowest BCUT2D eigenvalue weighted by atomic mass is 10.2. The van der Waals surface area contributed by atoms with Crippen LogP contribution in [-0.2, 0) is 0 Å². The predicted molar refractivity (Wildman–Crippen MR) is 112 cm³/mol. The standard InChI is InChI=1S/C23H17F4N2P/c1-14-15(2)29(22-19(25)13-18(24)20(26)21(22)27)23(28-14)30(16-9-5-3-6-10-16)17-11-7-4-8-12-17/h3-13H,1-2H3. The van der Waals surface area contributed by atoms with E-state index in [0.717, 1.165) is 10.6 Å². The summed E-state index contributed by atoms with van der Waals surface area (Å²) in [5.74, 6) is -6.06. The van der Waals surface area contributed by atoms with Gasteiger partial charge in [-0.25, -0.2) is 22.5 Å². The van der Waals surface area contributed by atoms with Crippen LogP contribution in [0.5, 0.6) is 0 Å². The SMILES string of the molecule is Cc1nc(P(c2ccccc2)c2ccccc2)n(-c2c(F)cc(F)c(F)c2F)c1C. The average molecular weight is 428 g/mol. The maximum absolute atomic E-state index is 14.8. The highest BCUT2D eigenvalue weighted by molar-refractivity contribution is 7.79. The number of aromatic nitrogens is 2. The molecule has 0 radical (unpaired) electrons. The number of rotatable bonds is 4. The maximum Gasteiger partial charge on any atom is 0.196 e. The summed E-state index contributed by atoms with van der Waals surface area (Å²) in [5.41, 5.74) is 0.712. The summed E-state index contributed by atoms with van der Waals surface area (Å²) in [6, 6.07) is 19.3. The predicted octanol–water partition coefficient (Wildman–Crippen LogP) is 4.80. The van der Waals surface area contributed by atoms with E-state index in [1.54, 1.807) is 13.8 Å². The number of hydrogen-bond acceptors (Lipinski definition) is 1. The van der Waals surface area contributed by atoms with Gasteiger partial charge in [-0.3, -0.25) is 4.57 Å². The molecule has 1 aromatic heterocycles. The molecule has 0 bridgehead atoms. The summed E-state index contributed by atoms with van der Waals surface area (Å²) in [5, 5.41) is 1.82. The van der Waals surface area contributed by atoms with Crippen LogP contribution in [0, 0.1) is 37.1 Å². The van der Waals surface area contributed by atoms with E-state index in [1.165, 1.54) is 4.57 Å². The van der Waals surface area contributed by atoms with E-state index in [2.05, 4.69) is 4.98 Å². The van der Waals surface area contributed by atoms with Crippen molar-refractivity contribution in [1.82, 2.24) is 9.55 Å². The largest absolute Gasteiger partial charge is 0.291 e. The topological polar surface area (TPSA) is 17.8 Å². The summed E-state index contributed by atoms with van der Waals surface area (Å²) in [6.45, 7) is 3.37. The van der Waals surface area contributed by atoms with E-state index in [4.69, 9.17) is 0 Å². The summed E-state index contributed by atoms with van der Waals surface area (Å²) in [7, 11) is -1.33. The summed E-state index contributed by atoms with van der Waals surface area (Å²) in [6.07, 6.45) is 0. The molecule has 152 valence electrons. The van der Waals surface area contributed by atoms with Gasteiger partial charge in [-0.2, -0.15) is 0 Å². The zero-order valence-electron chi connectivity index (χ0n) is 16.2. The highest BCUT2D eigenvalue weighted by atomic mass is 31.1. The molecule has 30 heavy (non-hydrogen) atoms. The first-order chi connectivity index (χ1) is 14.4. The molecule has 0 atom stereocenters. The quantitative estimate of drug-likeness (QED) is 0.198. The Morgan fingerprint density at radius 1 is 0.733 bits per heavy atom. The molecule has 0 fully saturated rings. The van der Waals surface area contributed by atoms with Crippen molar-refractivity contribution in [3.63, 3.8) is 0 Å². The smallest absolute Gasteiger partial charge is 0.196 e. The Bertz CT molecular complexity index is 1170. The van der Waals surface area contributed by atoms with Gasteiger partial charge in [-0.05, 0) is 24.5 Å². The van der Waals surface area contributed by atoms with Gasteiger partial charge in [0.1, 0.15) is 11.3 Å². The van der Waals surface area contributed by atoms with Crippen LogP contribution >= 0.6 is 7.92 Å². The highest BCUT2D eigenvalue weighted by Crippen LogP contribution is 2.35. The molecular formula is C23H17F4N2P. The first-order valence-electron chi connectivity index (χ1n) is 9.19. The van der Waals surface area contributed by atoms with E-state index in [1.807, 2.05) is 60.7 Å². The lowest BCUT2D eigenvalue weighted by Crippen LogP contribution is -2.29. The number of halogens is 4. The monoisotopic (exact) mass is 428 g/mol. The highest BCUT2D eigenvalue weighted by Gasteiger charge is 2.29. The second-order valence-electron chi connectivity index (χ2n) is 6.74. The minimum Gasteiger partial charge on any atom is -0.291 e. The maximum atomic E-state index is 14.8. The van der Waals surface area contributed by atoms with Gasteiger partial charge in [-0.15, -0.1) is 0 Å². The molecule has 3 aromatic carbocycles. The van der Waals surface area contributed by atoms with Crippen molar-refractivity contribution in [1.29, 1.82) is 0 Å². The van der Waals surface area contributed by atoms with E-state index in [9.17, 15) is 17.6 Å². The number of hydrogen-bond donors (Lipinski definition) is 0. The first kappa shape index (κ1) is 20.3. The van der Waals surface area contributed by atoms with Crippen molar-refractivity contribution in [3.8, 4) is 5.69 Å². The molecule has 4 aromatic rings. The van der Waals surface area contributed by atoms with Crippen molar-refractivity contribution in [3.05, 3.63) is 101 Å². The van der Waals surface area contributed by atoms with Crippen LogP contribution in [0.25, 0.3) is 5.69 Å². The number of imidazole rings is 1. The zero-order chi connectivity index (χ0) is 21.4. The van der Waals surface area contributed by atoms with Crippen LogP contribution in [0.2, 0.25) is 0 Å². The van der Waals surface area contributed by atoms with E-state index < -0.39 is 36.9 Å². The normalized spacial score (nSPS) is 11.3. The fourth-order valence-electron chi connectivity index (χ4n) is 3.31. The van der Waals surface area contributed by atoms with Crippen LogP contribution < -0.4 is 16.2 Å². The van der Waals surface area contributed by atoms with Crippen molar-refractivity contribution in [2.45, 2.75) is 13.8 Å². The Kier molecular flexibility index (Phi) is 5.44. The molecule has 0 saturated heterocycles. The number of nitrogens with zero attached hydrogens (tertiary/aromatic N) is 2. The fourth-order valence-corrected chi connectivity index (χ4v) is 5.71. The van der Waals surface area contributed by atoms with Gasteiger partial charge >= 0.3 is 0 Å².